The van der Waals surface area contributed by atoms with Gasteiger partial charge in [-0.1, -0.05) is 30.3 Å². The van der Waals surface area contributed by atoms with Crippen LogP contribution in [0.3, 0.4) is 0 Å². The zero-order valence-electron chi connectivity index (χ0n) is 12.7. The highest BCUT2D eigenvalue weighted by Gasteiger charge is 2.42. The van der Waals surface area contributed by atoms with Gasteiger partial charge < -0.3 is 4.74 Å². The van der Waals surface area contributed by atoms with Crippen LogP contribution < -0.4 is 4.90 Å². The number of nitrogens with zero attached hydrogens (tertiary/aromatic N) is 1. The summed E-state index contributed by atoms with van der Waals surface area (Å²) >= 11 is 0. The minimum absolute atomic E-state index is 0.0562. The molecule has 2 heterocycles. The number of cyclic esters (lactones) is 1. The summed E-state index contributed by atoms with van der Waals surface area (Å²) in [5.41, 5.74) is 2.52. The van der Waals surface area contributed by atoms with Crippen LogP contribution in [0.15, 0.2) is 65.9 Å². The SMILES string of the molecule is O=C1OCC2=C1[C@@H](c1ccccc1)CC(=O)N2c1ccc(F)cc1. The maximum absolute atomic E-state index is 13.2. The molecular formula is C19H14FNO3. The van der Waals surface area contributed by atoms with E-state index in [0.29, 0.717) is 17.0 Å². The molecule has 0 unspecified atom stereocenters. The average Bonchev–Trinajstić information content (AvgIpc) is 2.98. The van der Waals surface area contributed by atoms with Crippen LogP contribution in [-0.2, 0) is 14.3 Å². The summed E-state index contributed by atoms with van der Waals surface area (Å²) in [7, 11) is 0. The average molecular weight is 323 g/mol. The molecule has 0 aromatic heterocycles. The van der Waals surface area contributed by atoms with Gasteiger partial charge in [-0.3, -0.25) is 9.69 Å². The molecule has 24 heavy (non-hydrogen) atoms. The standard InChI is InChI=1S/C19H14FNO3/c20-13-6-8-14(9-7-13)21-16-11-24-19(23)18(16)15(10-17(21)22)12-4-2-1-3-5-12/h1-9,15H,10-11H2/t15-/m1/s1. The fraction of sp³-hybridized carbons (Fsp3) is 0.158. The van der Waals surface area contributed by atoms with E-state index in [4.69, 9.17) is 4.74 Å². The van der Waals surface area contributed by atoms with Crippen LogP contribution in [0.2, 0.25) is 0 Å². The van der Waals surface area contributed by atoms with Crippen LogP contribution in [0, 0.1) is 5.82 Å². The number of esters is 1. The van der Waals surface area contributed by atoms with Gasteiger partial charge in [0, 0.05) is 18.0 Å². The number of amides is 1. The lowest BCUT2D eigenvalue weighted by Crippen LogP contribution is -2.37. The molecule has 0 bridgehead atoms. The zero-order chi connectivity index (χ0) is 16.7. The molecule has 0 aliphatic carbocycles. The Kier molecular flexibility index (Phi) is 3.41. The molecule has 120 valence electrons. The summed E-state index contributed by atoms with van der Waals surface area (Å²) in [6, 6.07) is 15.1. The predicted octanol–water partition coefficient (Wildman–Crippen LogP) is 3.16. The smallest absolute Gasteiger partial charge is 0.336 e. The van der Waals surface area contributed by atoms with Gasteiger partial charge >= 0.3 is 5.97 Å². The normalized spacial score (nSPS) is 20.2. The summed E-state index contributed by atoms with van der Waals surface area (Å²) in [5.74, 6) is -1.20. The molecule has 0 spiro atoms. The van der Waals surface area contributed by atoms with Gasteiger partial charge in [-0.2, -0.15) is 0 Å². The van der Waals surface area contributed by atoms with Crippen molar-refractivity contribution in [1.29, 1.82) is 0 Å². The van der Waals surface area contributed by atoms with Crippen molar-refractivity contribution in [1.82, 2.24) is 0 Å². The van der Waals surface area contributed by atoms with Crippen LogP contribution in [-0.4, -0.2) is 18.5 Å². The summed E-state index contributed by atoms with van der Waals surface area (Å²) in [6.07, 6.45) is 0.176. The Morgan fingerprint density at radius 1 is 1.00 bits per heavy atom. The first kappa shape index (κ1) is 14.6. The van der Waals surface area contributed by atoms with Crippen molar-refractivity contribution < 1.29 is 18.7 Å². The summed E-state index contributed by atoms with van der Waals surface area (Å²) in [6.45, 7) is 0.0562. The molecule has 0 saturated heterocycles. The molecule has 4 rings (SSSR count). The molecule has 2 aromatic rings. The Morgan fingerprint density at radius 3 is 2.42 bits per heavy atom. The second-order valence-corrected chi connectivity index (χ2v) is 5.81. The first-order chi connectivity index (χ1) is 11.6. The number of anilines is 1. The van der Waals surface area contributed by atoms with Gasteiger partial charge in [-0.25, -0.2) is 9.18 Å². The molecule has 4 nitrogen and oxygen atoms in total. The molecule has 0 fully saturated rings. The van der Waals surface area contributed by atoms with Gasteiger partial charge in [0.25, 0.3) is 0 Å². The number of carbonyl (C=O) groups excluding carboxylic acids is 2. The van der Waals surface area contributed by atoms with Crippen molar-refractivity contribution in [2.75, 3.05) is 11.5 Å². The number of rotatable bonds is 2. The third kappa shape index (κ3) is 2.29. The third-order valence-corrected chi connectivity index (χ3v) is 4.40. The first-order valence-corrected chi connectivity index (χ1v) is 7.69. The summed E-state index contributed by atoms with van der Waals surface area (Å²) in [5, 5.41) is 0. The van der Waals surface area contributed by atoms with Crippen LogP contribution in [0.4, 0.5) is 10.1 Å². The van der Waals surface area contributed by atoms with Gasteiger partial charge in [0.15, 0.2) is 0 Å². The van der Waals surface area contributed by atoms with Crippen molar-refractivity contribution in [3.63, 3.8) is 0 Å². The third-order valence-electron chi connectivity index (χ3n) is 4.40. The van der Waals surface area contributed by atoms with E-state index in [9.17, 15) is 14.0 Å². The van der Waals surface area contributed by atoms with Gasteiger partial charge in [0.2, 0.25) is 5.91 Å². The van der Waals surface area contributed by atoms with Crippen molar-refractivity contribution in [2.24, 2.45) is 0 Å². The van der Waals surface area contributed by atoms with Crippen molar-refractivity contribution >= 4 is 17.6 Å². The van der Waals surface area contributed by atoms with Gasteiger partial charge in [-0.05, 0) is 29.8 Å². The fourth-order valence-electron chi connectivity index (χ4n) is 3.31. The van der Waals surface area contributed by atoms with E-state index in [0.717, 1.165) is 5.56 Å². The van der Waals surface area contributed by atoms with Crippen LogP contribution in [0.1, 0.15) is 17.9 Å². The van der Waals surface area contributed by atoms with Gasteiger partial charge in [-0.15, -0.1) is 0 Å². The lowest BCUT2D eigenvalue weighted by Gasteiger charge is -2.31. The fourth-order valence-corrected chi connectivity index (χ4v) is 3.31. The second-order valence-electron chi connectivity index (χ2n) is 5.81. The van der Waals surface area contributed by atoms with Crippen molar-refractivity contribution in [3.05, 3.63) is 77.2 Å². The van der Waals surface area contributed by atoms with E-state index < -0.39 is 5.97 Å². The number of carbonyl (C=O) groups is 2. The molecule has 1 atom stereocenters. The van der Waals surface area contributed by atoms with E-state index >= 15 is 0 Å². The van der Waals surface area contributed by atoms with Crippen molar-refractivity contribution in [3.8, 4) is 0 Å². The maximum Gasteiger partial charge on any atom is 0.336 e. The lowest BCUT2D eigenvalue weighted by molar-refractivity contribution is -0.136. The number of hydrogen-bond donors (Lipinski definition) is 0. The summed E-state index contributed by atoms with van der Waals surface area (Å²) in [4.78, 5) is 26.5. The molecular weight excluding hydrogens is 309 g/mol. The Balaban J connectivity index is 1.83. The minimum Gasteiger partial charge on any atom is -0.456 e. The monoisotopic (exact) mass is 323 g/mol. The van der Waals surface area contributed by atoms with Crippen LogP contribution in [0.5, 0.6) is 0 Å². The Morgan fingerprint density at radius 2 is 1.71 bits per heavy atom. The molecule has 2 aliphatic rings. The van der Waals surface area contributed by atoms with Crippen LogP contribution in [0.25, 0.3) is 0 Å². The molecule has 0 N–H and O–H groups in total. The van der Waals surface area contributed by atoms with E-state index in [-0.39, 0.29) is 30.7 Å². The molecule has 5 heteroatoms. The molecule has 2 aliphatic heterocycles. The Labute approximate surface area is 138 Å². The molecule has 2 aromatic carbocycles. The number of halogens is 1. The van der Waals surface area contributed by atoms with Crippen molar-refractivity contribution in [2.45, 2.75) is 12.3 Å². The Bertz CT molecular complexity index is 843. The summed E-state index contributed by atoms with van der Waals surface area (Å²) < 4.78 is 18.4. The van der Waals surface area contributed by atoms with Crippen LogP contribution >= 0.6 is 0 Å². The van der Waals surface area contributed by atoms with Gasteiger partial charge in [0.1, 0.15) is 12.4 Å². The molecule has 1 amide bonds. The second kappa shape index (κ2) is 5.60. The quantitative estimate of drug-likeness (QED) is 0.798. The number of hydrogen-bond acceptors (Lipinski definition) is 3. The highest BCUT2D eigenvalue weighted by molar-refractivity contribution is 6.06. The van der Waals surface area contributed by atoms with E-state index in [2.05, 4.69) is 0 Å². The van der Waals surface area contributed by atoms with E-state index in [1.54, 1.807) is 0 Å². The molecule has 0 saturated carbocycles. The minimum atomic E-state index is -0.390. The maximum atomic E-state index is 13.2. The zero-order valence-corrected chi connectivity index (χ0v) is 12.7. The molecule has 0 radical (unpaired) electrons. The van der Waals surface area contributed by atoms with Gasteiger partial charge in [0.05, 0.1) is 11.3 Å². The largest absolute Gasteiger partial charge is 0.456 e. The first-order valence-electron chi connectivity index (χ1n) is 7.69. The van der Waals surface area contributed by atoms with E-state index in [1.165, 1.54) is 29.2 Å². The van der Waals surface area contributed by atoms with E-state index in [1.807, 2.05) is 30.3 Å². The number of ether oxygens (including phenoxy) is 1. The predicted molar refractivity (Wildman–Crippen MR) is 85.7 cm³/mol. The topological polar surface area (TPSA) is 46.6 Å². The lowest BCUT2D eigenvalue weighted by atomic mass is 9.84. The Hall–Kier alpha value is -2.95. The number of benzene rings is 2. The highest BCUT2D eigenvalue weighted by atomic mass is 19.1. The highest BCUT2D eigenvalue weighted by Crippen LogP contribution is 2.41.